The number of hydrogen-bond donors (Lipinski definition) is 1. The predicted octanol–water partition coefficient (Wildman–Crippen LogP) is 0.551. The maximum absolute atomic E-state index is 12.5. The number of carbonyl (C=O) groups is 1. The van der Waals surface area contributed by atoms with Crippen molar-refractivity contribution in [1.82, 2.24) is 19.2 Å². The highest BCUT2D eigenvalue weighted by Crippen LogP contribution is 2.29. The number of carbonyl (C=O) groups excluding carboxylic acids is 1. The molecule has 1 aromatic heterocycles. The average molecular weight is 368 g/mol. The summed E-state index contributed by atoms with van der Waals surface area (Å²) in [5, 5.41) is 0. The minimum atomic E-state index is -3.33. The summed E-state index contributed by atoms with van der Waals surface area (Å²) < 4.78 is 24.9. The van der Waals surface area contributed by atoms with E-state index >= 15 is 0 Å². The van der Waals surface area contributed by atoms with E-state index in [4.69, 9.17) is 0 Å². The Bertz CT molecular complexity index is 833. The van der Waals surface area contributed by atoms with Crippen LogP contribution in [0, 0.1) is 0 Å². The van der Waals surface area contributed by atoms with Crippen LogP contribution in [0.25, 0.3) is 0 Å². The van der Waals surface area contributed by atoms with E-state index in [0.717, 1.165) is 25.5 Å². The van der Waals surface area contributed by atoms with E-state index in [0.29, 0.717) is 43.0 Å². The van der Waals surface area contributed by atoms with Gasteiger partial charge in [0.25, 0.3) is 5.56 Å². The Hall–Kier alpha value is -1.74. The number of hydrogen-bond acceptors (Lipinski definition) is 5. The summed E-state index contributed by atoms with van der Waals surface area (Å²) in [5.41, 5.74) is 0.834. The molecule has 1 amide bonds. The number of likely N-dealkylation sites (tertiary alicyclic amines) is 1. The zero-order chi connectivity index (χ0) is 18.2. The third-order valence-electron chi connectivity index (χ3n) is 4.97. The highest BCUT2D eigenvalue weighted by molar-refractivity contribution is 7.88. The molecular weight excluding hydrogens is 344 g/mol. The maximum atomic E-state index is 12.5. The number of sulfonamides is 1. The van der Waals surface area contributed by atoms with Gasteiger partial charge in [0.2, 0.25) is 15.9 Å². The van der Waals surface area contributed by atoms with Gasteiger partial charge in [-0.2, -0.15) is 4.31 Å². The third kappa shape index (κ3) is 3.62. The smallest absolute Gasteiger partial charge is 0.254 e. The molecule has 0 spiro atoms. The molecule has 138 valence electrons. The Morgan fingerprint density at radius 3 is 2.76 bits per heavy atom. The first-order chi connectivity index (χ1) is 11.8. The number of amides is 1. The van der Waals surface area contributed by atoms with Crippen molar-refractivity contribution in [2.24, 2.45) is 0 Å². The summed E-state index contributed by atoms with van der Waals surface area (Å²) in [4.78, 5) is 33.9. The monoisotopic (exact) mass is 368 g/mol. The van der Waals surface area contributed by atoms with Gasteiger partial charge in [-0.3, -0.25) is 9.59 Å². The molecule has 1 atom stereocenters. The normalized spacial score (nSPS) is 21.8. The lowest BCUT2D eigenvalue weighted by Crippen LogP contribution is -2.42. The summed E-state index contributed by atoms with van der Waals surface area (Å²) in [5.74, 6) is 0.517. The molecule has 1 fully saturated rings. The molecular formula is C16H24N4O4S. The summed E-state index contributed by atoms with van der Waals surface area (Å²) in [6, 6.07) is -0.243. The lowest BCUT2D eigenvalue weighted by Gasteiger charge is -2.35. The SMILES string of the molecule is CCC(=O)N1CCCC[C@@H]1c1nc2c(c(=O)[nH]1)CCN(S(C)(=O)=O)C2. The number of nitrogens with zero attached hydrogens (tertiary/aromatic N) is 3. The molecule has 0 aliphatic carbocycles. The van der Waals surface area contributed by atoms with Gasteiger partial charge in [0.1, 0.15) is 5.82 Å². The second kappa shape index (κ2) is 6.87. The molecule has 25 heavy (non-hydrogen) atoms. The minimum Gasteiger partial charge on any atom is -0.333 e. The number of aromatic nitrogens is 2. The predicted molar refractivity (Wildman–Crippen MR) is 92.4 cm³/mol. The number of fused-ring (bicyclic) bond motifs is 1. The molecule has 0 bridgehead atoms. The molecule has 1 saturated heterocycles. The van der Waals surface area contributed by atoms with E-state index < -0.39 is 10.0 Å². The fraction of sp³-hybridized carbons (Fsp3) is 0.688. The van der Waals surface area contributed by atoms with Gasteiger partial charge in [0, 0.05) is 25.1 Å². The quantitative estimate of drug-likeness (QED) is 0.839. The van der Waals surface area contributed by atoms with E-state index in [1.165, 1.54) is 4.31 Å². The van der Waals surface area contributed by atoms with Gasteiger partial charge < -0.3 is 9.88 Å². The first kappa shape index (κ1) is 18.1. The lowest BCUT2D eigenvalue weighted by molar-refractivity contribution is -0.134. The molecule has 1 N–H and O–H groups in total. The van der Waals surface area contributed by atoms with Gasteiger partial charge in [-0.05, 0) is 25.7 Å². The molecule has 0 radical (unpaired) electrons. The summed E-state index contributed by atoms with van der Waals surface area (Å²) >= 11 is 0. The van der Waals surface area contributed by atoms with Crippen molar-refractivity contribution >= 4 is 15.9 Å². The second-order valence-electron chi connectivity index (χ2n) is 6.68. The van der Waals surface area contributed by atoms with E-state index in [-0.39, 0.29) is 24.1 Å². The van der Waals surface area contributed by atoms with E-state index in [9.17, 15) is 18.0 Å². The molecule has 0 unspecified atom stereocenters. The Balaban J connectivity index is 1.97. The van der Waals surface area contributed by atoms with Crippen LogP contribution in [0.2, 0.25) is 0 Å². The highest BCUT2D eigenvalue weighted by Gasteiger charge is 2.31. The van der Waals surface area contributed by atoms with Crippen molar-refractivity contribution in [2.45, 2.75) is 51.6 Å². The lowest BCUT2D eigenvalue weighted by atomic mass is 10.00. The van der Waals surface area contributed by atoms with Crippen LogP contribution in [0.4, 0.5) is 0 Å². The van der Waals surface area contributed by atoms with E-state index in [1.807, 2.05) is 6.92 Å². The van der Waals surface area contributed by atoms with Gasteiger partial charge in [-0.1, -0.05) is 6.92 Å². The van der Waals surface area contributed by atoms with Crippen LogP contribution < -0.4 is 5.56 Å². The highest BCUT2D eigenvalue weighted by atomic mass is 32.2. The van der Waals surface area contributed by atoms with Crippen LogP contribution in [0.5, 0.6) is 0 Å². The van der Waals surface area contributed by atoms with Gasteiger partial charge >= 0.3 is 0 Å². The first-order valence-electron chi connectivity index (χ1n) is 8.67. The molecule has 2 aliphatic rings. The van der Waals surface area contributed by atoms with Gasteiger partial charge in [0.05, 0.1) is 24.5 Å². The Morgan fingerprint density at radius 1 is 1.32 bits per heavy atom. The van der Waals surface area contributed by atoms with Crippen molar-refractivity contribution < 1.29 is 13.2 Å². The van der Waals surface area contributed by atoms with E-state index in [1.54, 1.807) is 4.90 Å². The summed E-state index contributed by atoms with van der Waals surface area (Å²) in [6.45, 7) is 2.88. The second-order valence-corrected chi connectivity index (χ2v) is 8.66. The Labute approximate surface area is 147 Å². The number of aromatic amines is 1. The first-order valence-corrected chi connectivity index (χ1v) is 10.5. The molecule has 1 aromatic rings. The molecule has 3 rings (SSSR count). The number of rotatable bonds is 3. The van der Waals surface area contributed by atoms with Gasteiger partial charge in [0.15, 0.2) is 0 Å². The van der Waals surface area contributed by atoms with Crippen LogP contribution in [-0.4, -0.2) is 52.8 Å². The maximum Gasteiger partial charge on any atom is 0.254 e. The van der Waals surface area contributed by atoms with Crippen LogP contribution in [0.3, 0.4) is 0 Å². The standard InChI is InChI=1S/C16H24N4O4S/c1-3-14(21)20-8-5-4-6-13(20)15-17-12-10-19(25(2,23)24)9-7-11(12)16(22)18-15/h13H,3-10H2,1-2H3,(H,17,18,22)/t13-/m1/s1. The molecule has 9 heteroatoms. The third-order valence-corrected chi connectivity index (χ3v) is 6.22. The van der Waals surface area contributed by atoms with Crippen LogP contribution >= 0.6 is 0 Å². The van der Waals surface area contributed by atoms with Crippen LogP contribution in [0.1, 0.15) is 55.7 Å². The number of piperidine rings is 1. The topological polar surface area (TPSA) is 103 Å². The van der Waals surface area contributed by atoms with Crippen LogP contribution in [-0.2, 0) is 27.8 Å². The molecule has 0 saturated carbocycles. The fourth-order valence-electron chi connectivity index (χ4n) is 3.59. The van der Waals surface area contributed by atoms with Crippen molar-refractivity contribution in [2.75, 3.05) is 19.3 Å². The van der Waals surface area contributed by atoms with Gasteiger partial charge in [-0.25, -0.2) is 13.4 Å². The zero-order valence-electron chi connectivity index (χ0n) is 14.6. The van der Waals surface area contributed by atoms with Crippen LogP contribution in [0.15, 0.2) is 4.79 Å². The summed E-state index contributed by atoms with van der Waals surface area (Å²) in [7, 11) is -3.33. The summed E-state index contributed by atoms with van der Waals surface area (Å²) in [6.07, 6.45) is 4.59. The van der Waals surface area contributed by atoms with Gasteiger partial charge in [-0.15, -0.1) is 0 Å². The molecule has 2 aliphatic heterocycles. The van der Waals surface area contributed by atoms with E-state index in [2.05, 4.69) is 9.97 Å². The molecule has 8 nitrogen and oxygen atoms in total. The zero-order valence-corrected chi connectivity index (χ0v) is 15.4. The molecule has 3 heterocycles. The van der Waals surface area contributed by atoms with Crippen molar-refractivity contribution in [1.29, 1.82) is 0 Å². The largest absolute Gasteiger partial charge is 0.333 e. The van der Waals surface area contributed by atoms with Crippen molar-refractivity contribution in [3.05, 3.63) is 27.4 Å². The van der Waals surface area contributed by atoms with Crippen molar-refractivity contribution in [3.8, 4) is 0 Å². The average Bonchev–Trinajstić information content (AvgIpc) is 2.59. The fourth-order valence-corrected chi connectivity index (χ4v) is 4.37. The Kier molecular flexibility index (Phi) is 4.97. The number of H-pyrrole nitrogens is 1. The number of nitrogens with one attached hydrogen (secondary N) is 1. The Morgan fingerprint density at radius 2 is 2.08 bits per heavy atom. The molecule has 0 aromatic carbocycles. The van der Waals surface area contributed by atoms with Crippen molar-refractivity contribution in [3.63, 3.8) is 0 Å². The minimum absolute atomic E-state index is 0.0443.